The second-order valence-electron chi connectivity index (χ2n) is 14.7. The summed E-state index contributed by atoms with van der Waals surface area (Å²) >= 11 is 0. The van der Waals surface area contributed by atoms with Crippen molar-refractivity contribution in [1.82, 2.24) is 40.8 Å². The zero-order chi connectivity index (χ0) is 43.6. The number of nitrogens with one attached hydrogen (secondary N) is 3. The smallest absolute Gasteiger partial charge is 0.326 e. The van der Waals surface area contributed by atoms with Gasteiger partial charge in [-0.25, -0.2) is 14.8 Å². The van der Waals surface area contributed by atoms with Crippen LogP contribution in [0.1, 0.15) is 107 Å². The maximum absolute atomic E-state index is 13.2. The maximum Gasteiger partial charge on any atom is 0.326 e. The van der Waals surface area contributed by atoms with E-state index in [1.807, 2.05) is 11.9 Å². The summed E-state index contributed by atoms with van der Waals surface area (Å²) in [6.07, 6.45) is 6.25. The molecule has 6 amide bonds. The molecule has 0 spiro atoms. The van der Waals surface area contributed by atoms with Crippen LogP contribution >= 0.6 is 0 Å². The highest BCUT2D eigenvalue weighted by molar-refractivity contribution is 6.24. The van der Waals surface area contributed by atoms with Gasteiger partial charge in [-0.2, -0.15) is 9.97 Å². The van der Waals surface area contributed by atoms with E-state index in [0.29, 0.717) is 36.3 Å². The van der Waals surface area contributed by atoms with E-state index >= 15 is 0 Å². The number of unbranched alkanes of at least 4 members (excludes halogenated alkanes) is 5. The molecule has 0 saturated carbocycles. The summed E-state index contributed by atoms with van der Waals surface area (Å²) in [6, 6.07) is 9.11. The molecule has 1 unspecified atom stereocenters. The number of nitrogens with zero attached hydrogens (tertiary/aromatic N) is 6. The summed E-state index contributed by atoms with van der Waals surface area (Å²) < 4.78 is 0. The molecule has 61 heavy (non-hydrogen) atoms. The van der Waals surface area contributed by atoms with E-state index < -0.39 is 47.6 Å². The van der Waals surface area contributed by atoms with E-state index in [1.165, 1.54) is 6.07 Å². The monoisotopic (exact) mass is 831 g/mol. The number of hydrogen-bond donors (Lipinski definition) is 6. The number of carboxylic acid groups (broad SMARTS) is 1. The molecule has 316 valence electrons. The normalized spacial score (nSPS) is 15.1. The Kier molecular flexibility index (Phi) is 13.8. The average molecular weight is 832 g/mol. The van der Waals surface area contributed by atoms with Crippen molar-refractivity contribution in [2.24, 2.45) is 0 Å². The molecule has 6 rings (SSSR count). The lowest BCUT2D eigenvalue weighted by Crippen LogP contribution is -2.54. The number of carbonyl (C=O) groups excluding carboxylic acids is 6. The van der Waals surface area contributed by atoms with Crippen LogP contribution in [0.25, 0.3) is 11.2 Å². The number of carboxylic acids is 1. The predicted molar refractivity (Wildman–Crippen MR) is 221 cm³/mol. The van der Waals surface area contributed by atoms with Crippen molar-refractivity contribution in [3.05, 3.63) is 76.6 Å². The fourth-order valence-electron chi connectivity index (χ4n) is 7.00. The van der Waals surface area contributed by atoms with Gasteiger partial charge in [0.2, 0.25) is 23.7 Å². The van der Waals surface area contributed by atoms with Crippen LogP contribution in [0.4, 0.5) is 17.5 Å². The number of piperidine rings is 1. The second kappa shape index (κ2) is 19.5. The molecule has 2 atom stereocenters. The molecule has 8 N–H and O–H groups in total. The van der Waals surface area contributed by atoms with Gasteiger partial charge in [0.15, 0.2) is 17.0 Å². The molecular weight excluding hydrogens is 787 g/mol. The highest BCUT2D eigenvalue weighted by atomic mass is 16.4. The van der Waals surface area contributed by atoms with Gasteiger partial charge in [-0.3, -0.25) is 39.0 Å². The number of aliphatic carboxylic acids is 1. The first-order valence-corrected chi connectivity index (χ1v) is 19.8. The highest BCUT2D eigenvalue weighted by Crippen LogP contribution is 2.30. The quantitative estimate of drug-likeness (QED) is 0.0505. The lowest BCUT2D eigenvalue weighted by atomic mass is 10.0. The lowest BCUT2D eigenvalue weighted by molar-refractivity contribution is -0.140. The van der Waals surface area contributed by atoms with Crippen molar-refractivity contribution in [2.45, 2.75) is 82.8 Å². The maximum atomic E-state index is 13.2. The van der Waals surface area contributed by atoms with Crippen LogP contribution in [0.2, 0.25) is 0 Å². The van der Waals surface area contributed by atoms with Crippen LogP contribution in [-0.2, 0) is 25.7 Å². The standard InChI is InChI=1S/C42H45N11O8/c1-52(23-26-22-46-36-34(47-26)35(43)50-42(44)51-36)27-15-13-25(14-16-27)37(56)48-29(41(60)61)17-19-31(54)45-21-8-6-4-2-3-5-7-10-24-11-9-12-28-33(24)40(59)53(39(28)58)30-18-20-32(55)49-38(30)57/h9,11-16,22,29-30H,2-6,8,17-21,23H2,1H3,(H,45,54)(H,48,56)(H,60,61)(H,49,55,57)(H4,43,44,46,50,51)/t29-,30?/m0/s1. The minimum atomic E-state index is -1.26. The summed E-state index contributed by atoms with van der Waals surface area (Å²) in [5, 5.41) is 17.2. The molecule has 0 radical (unpaired) electrons. The fraction of sp³-hybridized carbons (Fsp3) is 0.357. The molecule has 4 aromatic rings. The van der Waals surface area contributed by atoms with E-state index in [4.69, 9.17) is 11.5 Å². The topological polar surface area (TPSA) is 286 Å². The van der Waals surface area contributed by atoms with Crippen molar-refractivity contribution in [2.75, 3.05) is 30.0 Å². The van der Waals surface area contributed by atoms with Crippen molar-refractivity contribution in [3.63, 3.8) is 0 Å². The minimum absolute atomic E-state index is 0.00368. The Labute approximate surface area is 350 Å². The molecule has 19 nitrogen and oxygen atoms in total. The number of aromatic nitrogens is 4. The molecule has 19 heteroatoms. The molecular formula is C42H45N11O8. The first-order chi connectivity index (χ1) is 29.3. The van der Waals surface area contributed by atoms with Crippen LogP contribution in [-0.4, -0.2) is 97.0 Å². The van der Waals surface area contributed by atoms with E-state index in [-0.39, 0.29) is 65.7 Å². The van der Waals surface area contributed by atoms with E-state index in [2.05, 4.69) is 47.7 Å². The molecule has 4 heterocycles. The number of benzene rings is 2. The van der Waals surface area contributed by atoms with Gasteiger partial charge in [0, 0.05) is 49.7 Å². The zero-order valence-corrected chi connectivity index (χ0v) is 33.4. The van der Waals surface area contributed by atoms with Gasteiger partial charge in [-0.05, 0) is 62.1 Å². The molecule has 1 saturated heterocycles. The largest absolute Gasteiger partial charge is 0.480 e. The summed E-state index contributed by atoms with van der Waals surface area (Å²) in [5.41, 5.74) is 14.5. The zero-order valence-electron chi connectivity index (χ0n) is 33.4. The number of fused-ring (bicyclic) bond motifs is 2. The van der Waals surface area contributed by atoms with Gasteiger partial charge in [-0.15, -0.1) is 0 Å². The van der Waals surface area contributed by atoms with Crippen LogP contribution in [0.5, 0.6) is 0 Å². The third kappa shape index (κ3) is 10.6. The molecule has 1 fully saturated rings. The first-order valence-electron chi connectivity index (χ1n) is 19.8. The Morgan fingerprint density at radius 2 is 1.74 bits per heavy atom. The van der Waals surface area contributed by atoms with Gasteiger partial charge in [0.05, 0.1) is 29.6 Å². The Morgan fingerprint density at radius 3 is 2.49 bits per heavy atom. The van der Waals surface area contributed by atoms with Crippen LogP contribution in [0.15, 0.2) is 48.7 Å². The minimum Gasteiger partial charge on any atom is -0.480 e. The molecule has 2 aliphatic heterocycles. The average Bonchev–Trinajstić information content (AvgIpc) is 3.48. The number of rotatable bonds is 17. The van der Waals surface area contributed by atoms with Crippen molar-refractivity contribution in [1.29, 1.82) is 0 Å². The van der Waals surface area contributed by atoms with Crippen molar-refractivity contribution in [3.8, 4) is 11.8 Å². The second-order valence-corrected chi connectivity index (χ2v) is 14.7. The van der Waals surface area contributed by atoms with Crippen LogP contribution < -0.4 is 32.3 Å². The summed E-state index contributed by atoms with van der Waals surface area (Å²) in [7, 11) is 1.83. The number of nitrogens with two attached hydrogens (primary N) is 2. The number of hydrogen-bond acceptors (Lipinski definition) is 14. The predicted octanol–water partition coefficient (Wildman–Crippen LogP) is 2.09. The Bertz CT molecular complexity index is 2450. The summed E-state index contributed by atoms with van der Waals surface area (Å²) in [6.45, 7) is 0.779. The third-order valence-corrected chi connectivity index (χ3v) is 10.2. The number of anilines is 3. The van der Waals surface area contributed by atoms with Crippen molar-refractivity contribution >= 4 is 70.0 Å². The van der Waals surface area contributed by atoms with E-state index in [9.17, 15) is 38.7 Å². The number of amides is 6. The summed E-state index contributed by atoms with van der Waals surface area (Å²) in [4.78, 5) is 107. The van der Waals surface area contributed by atoms with Gasteiger partial charge in [0.1, 0.15) is 12.1 Å². The SMILES string of the molecule is CN(Cc1cnc2nc(N)nc(N)c2n1)c1ccc(C(=O)N[C@@H](CCC(=O)NCCCCCCCC#Cc2cccc3c2C(=O)N(C2CCC(=O)NC2=O)C3=O)C(=O)O)cc1. The van der Waals surface area contributed by atoms with E-state index in [0.717, 1.165) is 42.7 Å². The number of nitrogen functional groups attached to an aromatic ring is 2. The van der Waals surface area contributed by atoms with Gasteiger partial charge < -0.3 is 32.1 Å². The van der Waals surface area contributed by atoms with Gasteiger partial charge in [-0.1, -0.05) is 37.2 Å². The van der Waals surface area contributed by atoms with Crippen LogP contribution in [0.3, 0.4) is 0 Å². The Hall–Kier alpha value is -7.49. The first kappa shape index (κ1) is 43.1. The molecule has 2 aliphatic rings. The van der Waals surface area contributed by atoms with E-state index in [1.54, 1.807) is 42.6 Å². The van der Waals surface area contributed by atoms with Crippen LogP contribution in [0, 0.1) is 11.8 Å². The molecule has 0 aliphatic carbocycles. The number of imide groups is 2. The fourth-order valence-corrected chi connectivity index (χ4v) is 7.00. The summed E-state index contributed by atoms with van der Waals surface area (Å²) in [5.74, 6) is 1.78. The molecule has 2 aromatic heterocycles. The highest BCUT2D eigenvalue weighted by Gasteiger charge is 2.45. The Morgan fingerprint density at radius 1 is 0.984 bits per heavy atom. The lowest BCUT2D eigenvalue weighted by Gasteiger charge is -2.27. The van der Waals surface area contributed by atoms with Gasteiger partial charge in [0.25, 0.3) is 17.7 Å². The third-order valence-electron chi connectivity index (χ3n) is 10.2. The number of carbonyl (C=O) groups is 7. The molecule has 0 bridgehead atoms. The van der Waals surface area contributed by atoms with Crippen molar-refractivity contribution < 1.29 is 38.7 Å². The van der Waals surface area contributed by atoms with Gasteiger partial charge >= 0.3 is 5.97 Å². The Balaban J connectivity index is 0.860. The molecule has 2 aromatic carbocycles.